The summed E-state index contributed by atoms with van der Waals surface area (Å²) >= 11 is 5.84. The molecule has 1 aliphatic heterocycles. The van der Waals surface area contributed by atoms with Crippen molar-refractivity contribution in [2.24, 2.45) is 5.92 Å². The summed E-state index contributed by atoms with van der Waals surface area (Å²) in [5.74, 6) is 0.217. The summed E-state index contributed by atoms with van der Waals surface area (Å²) in [7, 11) is 0. The molecule has 0 aliphatic carbocycles. The van der Waals surface area contributed by atoms with Gasteiger partial charge in [-0.1, -0.05) is 25.4 Å². The van der Waals surface area contributed by atoms with Crippen LogP contribution < -0.4 is 10.2 Å². The van der Waals surface area contributed by atoms with Crippen molar-refractivity contribution in [3.05, 3.63) is 29.0 Å². The van der Waals surface area contributed by atoms with Gasteiger partial charge in [-0.3, -0.25) is 0 Å². The third-order valence-electron chi connectivity index (χ3n) is 3.74. The van der Waals surface area contributed by atoms with Gasteiger partial charge in [-0.25, -0.2) is 4.39 Å². The van der Waals surface area contributed by atoms with Gasteiger partial charge < -0.3 is 10.2 Å². The van der Waals surface area contributed by atoms with E-state index in [0.717, 1.165) is 13.1 Å². The second-order valence-electron chi connectivity index (χ2n) is 6.30. The van der Waals surface area contributed by atoms with E-state index in [-0.39, 0.29) is 11.4 Å². The Balaban J connectivity index is 2.36. The molecule has 2 rings (SSSR count). The quantitative estimate of drug-likeness (QED) is 0.891. The average Bonchev–Trinajstić information content (AvgIpc) is 2.27. The Labute approximate surface area is 119 Å². The smallest absolute Gasteiger partial charge is 0.147 e. The van der Waals surface area contributed by atoms with E-state index in [2.05, 4.69) is 37.9 Å². The molecule has 1 aromatic carbocycles. The Kier molecular flexibility index (Phi) is 4.07. The molecule has 1 unspecified atom stereocenters. The number of nitrogens with zero attached hydrogens (tertiary/aromatic N) is 1. The van der Waals surface area contributed by atoms with Gasteiger partial charge in [-0.2, -0.15) is 0 Å². The fraction of sp³-hybridized carbons (Fsp3) is 0.600. The van der Waals surface area contributed by atoms with E-state index in [4.69, 9.17) is 11.6 Å². The van der Waals surface area contributed by atoms with Crippen LogP contribution in [0.4, 0.5) is 10.1 Å². The van der Waals surface area contributed by atoms with Crippen LogP contribution in [0.2, 0.25) is 5.02 Å². The van der Waals surface area contributed by atoms with Gasteiger partial charge in [0.05, 0.1) is 5.69 Å². The molecule has 1 fully saturated rings. The Morgan fingerprint density at radius 1 is 1.42 bits per heavy atom. The van der Waals surface area contributed by atoms with Crippen LogP contribution in [-0.2, 0) is 0 Å². The summed E-state index contributed by atoms with van der Waals surface area (Å²) in [5, 5.41) is 3.97. The first-order valence-corrected chi connectivity index (χ1v) is 7.15. The van der Waals surface area contributed by atoms with E-state index in [9.17, 15) is 4.39 Å². The van der Waals surface area contributed by atoms with E-state index in [1.807, 2.05) is 0 Å². The summed E-state index contributed by atoms with van der Waals surface area (Å²) in [4.78, 5) is 2.17. The minimum absolute atomic E-state index is 0.0164. The zero-order valence-electron chi connectivity index (χ0n) is 12.0. The summed E-state index contributed by atoms with van der Waals surface area (Å²) in [5.41, 5.74) is 0.634. The molecule has 1 N–H and O–H groups in total. The molecular formula is C15H22ClFN2. The molecule has 0 aromatic heterocycles. The van der Waals surface area contributed by atoms with Crippen LogP contribution in [0.5, 0.6) is 0 Å². The summed E-state index contributed by atoms with van der Waals surface area (Å²) in [6, 6.07) is 5.23. The molecule has 1 atom stereocenters. The van der Waals surface area contributed by atoms with Crippen LogP contribution in [0.1, 0.15) is 27.7 Å². The predicted octanol–water partition coefficient (Wildman–Crippen LogP) is 3.69. The molecule has 0 spiro atoms. The summed E-state index contributed by atoms with van der Waals surface area (Å²) in [6.45, 7) is 10.3. The first-order valence-electron chi connectivity index (χ1n) is 6.77. The molecular weight excluding hydrogens is 263 g/mol. The molecule has 19 heavy (non-hydrogen) atoms. The second kappa shape index (κ2) is 5.29. The Bertz CT molecular complexity index is 459. The van der Waals surface area contributed by atoms with Crippen molar-refractivity contribution >= 4 is 17.3 Å². The van der Waals surface area contributed by atoms with Crippen LogP contribution in [-0.4, -0.2) is 24.7 Å². The highest BCUT2D eigenvalue weighted by Crippen LogP contribution is 2.30. The van der Waals surface area contributed by atoms with Gasteiger partial charge in [-0.05, 0) is 38.0 Å². The van der Waals surface area contributed by atoms with Crippen molar-refractivity contribution in [2.75, 3.05) is 18.0 Å². The minimum Gasteiger partial charge on any atom is -0.363 e. The Morgan fingerprint density at radius 3 is 2.68 bits per heavy atom. The second-order valence-corrected chi connectivity index (χ2v) is 6.74. The zero-order chi connectivity index (χ0) is 14.2. The Hall–Kier alpha value is -0.800. The van der Waals surface area contributed by atoms with Gasteiger partial charge in [-0.15, -0.1) is 0 Å². The highest BCUT2D eigenvalue weighted by atomic mass is 35.5. The van der Waals surface area contributed by atoms with E-state index in [1.54, 1.807) is 12.1 Å². The van der Waals surface area contributed by atoms with E-state index in [1.165, 1.54) is 6.07 Å². The van der Waals surface area contributed by atoms with Gasteiger partial charge in [0.15, 0.2) is 0 Å². The normalized spacial score (nSPS) is 22.9. The molecule has 4 heteroatoms. The summed E-state index contributed by atoms with van der Waals surface area (Å²) < 4.78 is 14.2. The predicted molar refractivity (Wildman–Crippen MR) is 79.5 cm³/mol. The summed E-state index contributed by atoms with van der Waals surface area (Å²) in [6.07, 6.45) is 0. The van der Waals surface area contributed by atoms with E-state index < -0.39 is 0 Å². The number of hydrogen-bond acceptors (Lipinski definition) is 2. The first-order chi connectivity index (χ1) is 8.80. The first kappa shape index (κ1) is 14.6. The number of anilines is 1. The molecule has 0 amide bonds. The number of halogens is 2. The van der Waals surface area contributed by atoms with E-state index >= 15 is 0 Å². The van der Waals surface area contributed by atoms with Gasteiger partial charge in [0, 0.05) is 29.7 Å². The fourth-order valence-electron chi connectivity index (χ4n) is 2.66. The fourth-order valence-corrected chi connectivity index (χ4v) is 2.82. The SMILES string of the molecule is CC(C)C1CNC(C)(C)CN1c1ccc(Cl)cc1F. The molecule has 0 saturated carbocycles. The standard InChI is InChI=1S/C15H22ClFN2/c1-10(2)14-8-18-15(3,4)9-19(14)13-6-5-11(16)7-12(13)17/h5-7,10,14,18H,8-9H2,1-4H3. The van der Waals surface area contributed by atoms with Crippen LogP contribution >= 0.6 is 11.6 Å². The van der Waals surface area contributed by atoms with Crippen LogP contribution in [0.25, 0.3) is 0 Å². The molecule has 1 heterocycles. The van der Waals surface area contributed by atoms with Crippen LogP contribution in [0.3, 0.4) is 0 Å². The van der Waals surface area contributed by atoms with Crippen molar-refractivity contribution in [3.8, 4) is 0 Å². The van der Waals surface area contributed by atoms with Crippen LogP contribution in [0, 0.1) is 11.7 Å². The Morgan fingerprint density at radius 2 is 2.11 bits per heavy atom. The average molecular weight is 285 g/mol. The lowest BCUT2D eigenvalue weighted by atomic mass is 9.92. The molecule has 0 radical (unpaired) electrons. The van der Waals surface area contributed by atoms with Crippen molar-refractivity contribution in [1.29, 1.82) is 0 Å². The third-order valence-corrected chi connectivity index (χ3v) is 3.98. The van der Waals surface area contributed by atoms with Crippen molar-refractivity contribution in [3.63, 3.8) is 0 Å². The number of nitrogens with one attached hydrogen (secondary N) is 1. The zero-order valence-corrected chi connectivity index (χ0v) is 12.8. The lowest BCUT2D eigenvalue weighted by Gasteiger charge is -2.47. The topological polar surface area (TPSA) is 15.3 Å². The lowest BCUT2D eigenvalue weighted by molar-refractivity contribution is 0.275. The molecule has 2 nitrogen and oxygen atoms in total. The molecule has 0 bridgehead atoms. The van der Waals surface area contributed by atoms with Gasteiger partial charge in [0.2, 0.25) is 0 Å². The van der Waals surface area contributed by atoms with E-state index in [0.29, 0.717) is 22.7 Å². The number of rotatable bonds is 2. The van der Waals surface area contributed by atoms with Gasteiger partial charge >= 0.3 is 0 Å². The number of piperazine rings is 1. The maximum Gasteiger partial charge on any atom is 0.147 e. The number of benzene rings is 1. The molecule has 1 aromatic rings. The van der Waals surface area contributed by atoms with Crippen molar-refractivity contribution < 1.29 is 4.39 Å². The molecule has 1 aliphatic rings. The highest BCUT2D eigenvalue weighted by Gasteiger charge is 2.35. The lowest BCUT2D eigenvalue weighted by Crippen LogP contribution is -2.63. The van der Waals surface area contributed by atoms with Crippen LogP contribution in [0.15, 0.2) is 18.2 Å². The van der Waals surface area contributed by atoms with Gasteiger partial charge in [0.1, 0.15) is 5.82 Å². The molecule has 106 valence electrons. The number of hydrogen-bond donors (Lipinski definition) is 1. The maximum absolute atomic E-state index is 14.2. The van der Waals surface area contributed by atoms with Crippen molar-refractivity contribution in [1.82, 2.24) is 5.32 Å². The molecule has 1 saturated heterocycles. The largest absolute Gasteiger partial charge is 0.363 e. The monoisotopic (exact) mass is 284 g/mol. The third kappa shape index (κ3) is 3.21. The van der Waals surface area contributed by atoms with Gasteiger partial charge in [0.25, 0.3) is 0 Å². The maximum atomic E-state index is 14.2. The highest BCUT2D eigenvalue weighted by molar-refractivity contribution is 6.30. The minimum atomic E-state index is -0.240. The van der Waals surface area contributed by atoms with Crippen molar-refractivity contribution in [2.45, 2.75) is 39.3 Å².